The van der Waals surface area contributed by atoms with Crippen LogP contribution in [0.2, 0.25) is 0 Å². The Labute approximate surface area is 482 Å². The van der Waals surface area contributed by atoms with E-state index >= 15 is 0 Å². The Morgan fingerprint density at radius 3 is 1.01 bits per heavy atom. The SMILES string of the molecule is Cc1cc(C)c(-c2cc(N3c4ccccc4N(c4cc(-c5ccccc5)nc(-c5ccccc5)n4)c4ccccc43)c(-c3nc(-c4ccccc4)nc(-c4ccccc4)n3)cc2-c2nc(-c3ccccc3)cc(-c3ccccc3)n2)c(C)c1. The molecular formula is C74H53N9. The largest absolute Gasteiger partial charge is 0.306 e. The summed E-state index contributed by atoms with van der Waals surface area (Å²) in [6, 6.07) is 91.8. The zero-order valence-electron chi connectivity index (χ0n) is 45.9. The average Bonchev–Trinajstić information content (AvgIpc) is 2.40. The van der Waals surface area contributed by atoms with Crippen molar-refractivity contribution in [3.8, 4) is 102 Å². The van der Waals surface area contributed by atoms with Crippen LogP contribution >= 0.6 is 0 Å². The van der Waals surface area contributed by atoms with Crippen LogP contribution in [-0.2, 0) is 0 Å². The van der Waals surface area contributed by atoms with Crippen LogP contribution in [-0.4, -0.2) is 34.9 Å². The molecule has 0 amide bonds. The summed E-state index contributed by atoms with van der Waals surface area (Å²) in [7, 11) is 0. The van der Waals surface area contributed by atoms with Crippen molar-refractivity contribution in [3.63, 3.8) is 0 Å². The number of anilines is 6. The van der Waals surface area contributed by atoms with Crippen molar-refractivity contribution in [2.24, 2.45) is 0 Å². The molecule has 0 N–H and O–H groups in total. The van der Waals surface area contributed by atoms with Crippen molar-refractivity contribution < 1.29 is 0 Å². The fraction of sp³-hybridized carbons (Fsp3) is 0.0405. The smallest absolute Gasteiger partial charge is 0.166 e. The van der Waals surface area contributed by atoms with Gasteiger partial charge in [-0.05, 0) is 85.5 Å². The highest BCUT2D eigenvalue weighted by Gasteiger charge is 2.35. The molecule has 4 heterocycles. The fourth-order valence-corrected chi connectivity index (χ4v) is 11.4. The summed E-state index contributed by atoms with van der Waals surface area (Å²) < 4.78 is 0. The Balaban J connectivity index is 1.09. The highest BCUT2D eigenvalue weighted by atomic mass is 15.3. The minimum atomic E-state index is 0.480. The molecule has 13 aromatic rings. The summed E-state index contributed by atoms with van der Waals surface area (Å²) in [5.41, 5.74) is 19.5. The first-order valence-electron chi connectivity index (χ1n) is 27.8. The summed E-state index contributed by atoms with van der Waals surface area (Å²) in [4.78, 5) is 42.6. The lowest BCUT2D eigenvalue weighted by Gasteiger charge is -2.40. The van der Waals surface area contributed by atoms with Gasteiger partial charge in [0.2, 0.25) is 0 Å². The van der Waals surface area contributed by atoms with Crippen molar-refractivity contribution >= 4 is 34.3 Å². The number of benzene rings is 10. The molecule has 0 fully saturated rings. The van der Waals surface area contributed by atoms with Gasteiger partial charge in [0.1, 0.15) is 5.82 Å². The molecular weight excluding hydrogens is 1010 g/mol. The molecule has 0 bridgehead atoms. The number of rotatable bonds is 11. The minimum Gasteiger partial charge on any atom is -0.306 e. The van der Waals surface area contributed by atoms with E-state index in [0.717, 1.165) is 118 Å². The topological polar surface area (TPSA) is 96.7 Å². The number of hydrogen-bond acceptors (Lipinski definition) is 9. The molecule has 0 saturated carbocycles. The Bertz CT molecular complexity index is 4280. The number of aryl methyl sites for hydroxylation is 3. The maximum Gasteiger partial charge on any atom is 0.166 e. The highest BCUT2D eigenvalue weighted by molar-refractivity contribution is 6.05. The summed E-state index contributed by atoms with van der Waals surface area (Å²) in [6.45, 7) is 6.56. The average molecular weight is 1070 g/mol. The molecule has 3 aromatic heterocycles. The van der Waals surface area contributed by atoms with Gasteiger partial charge in [0.25, 0.3) is 0 Å². The van der Waals surface area contributed by atoms with Gasteiger partial charge in [0.15, 0.2) is 29.1 Å². The van der Waals surface area contributed by atoms with Crippen LogP contribution in [0.15, 0.2) is 267 Å². The van der Waals surface area contributed by atoms with Gasteiger partial charge in [0.05, 0.1) is 45.5 Å². The van der Waals surface area contributed by atoms with Gasteiger partial charge in [0, 0.05) is 50.6 Å². The lowest BCUT2D eigenvalue weighted by Crippen LogP contribution is -2.25. The zero-order chi connectivity index (χ0) is 55.8. The lowest BCUT2D eigenvalue weighted by atomic mass is 9.88. The Hall–Kier alpha value is -11.0. The van der Waals surface area contributed by atoms with E-state index in [1.807, 2.05) is 109 Å². The minimum absolute atomic E-state index is 0.480. The second-order valence-electron chi connectivity index (χ2n) is 20.7. The highest BCUT2D eigenvalue weighted by Crippen LogP contribution is 2.57. The van der Waals surface area contributed by atoms with E-state index in [-0.39, 0.29) is 0 Å². The van der Waals surface area contributed by atoms with Crippen molar-refractivity contribution in [2.75, 3.05) is 9.80 Å². The molecule has 9 nitrogen and oxygen atoms in total. The molecule has 9 heteroatoms. The second kappa shape index (κ2) is 21.6. The predicted molar refractivity (Wildman–Crippen MR) is 337 cm³/mol. The van der Waals surface area contributed by atoms with Crippen molar-refractivity contribution in [2.45, 2.75) is 20.8 Å². The standard InChI is InChI=1S/C74H53N9/c1-48-42-49(2)69(50(3)43-48)57-45-67(82-63-38-22-24-40-65(63)83(66-41-25-23-39-64(66)82)68-47-62(53-30-14-6-15-31-53)75-70(78-68)54-32-16-7-17-33-54)59(74-80-71(55-34-18-8-19-35-55)79-72(81-74)56-36-20-9-21-37-56)44-58(57)73-76-60(51-26-10-4-11-27-51)46-61(77-73)52-28-12-5-13-29-52/h4-47H,1-3H3. The number of para-hydroxylation sites is 4. The summed E-state index contributed by atoms with van der Waals surface area (Å²) in [6.07, 6.45) is 0. The summed E-state index contributed by atoms with van der Waals surface area (Å²) >= 11 is 0. The molecule has 0 saturated heterocycles. The molecule has 83 heavy (non-hydrogen) atoms. The van der Waals surface area contributed by atoms with Gasteiger partial charge >= 0.3 is 0 Å². The van der Waals surface area contributed by atoms with Gasteiger partial charge in [-0.1, -0.05) is 224 Å². The van der Waals surface area contributed by atoms with E-state index in [1.54, 1.807) is 0 Å². The third-order valence-corrected chi connectivity index (χ3v) is 15.1. The molecule has 14 rings (SSSR count). The molecule has 1 aliphatic heterocycles. The number of aromatic nitrogens is 7. The van der Waals surface area contributed by atoms with E-state index in [2.05, 4.69) is 188 Å². The Morgan fingerprint density at radius 2 is 0.578 bits per heavy atom. The van der Waals surface area contributed by atoms with Gasteiger partial charge in [-0.25, -0.2) is 34.9 Å². The van der Waals surface area contributed by atoms with Gasteiger partial charge in [-0.3, -0.25) is 4.90 Å². The molecule has 0 atom stereocenters. The zero-order valence-corrected chi connectivity index (χ0v) is 45.9. The summed E-state index contributed by atoms with van der Waals surface area (Å²) in [5, 5.41) is 0. The van der Waals surface area contributed by atoms with E-state index < -0.39 is 0 Å². The van der Waals surface area contributed by atoms with Gasteiger partial charge in [-0.2, -0.15) is 0 Å². The van der Waals surface area contributed by atoms with Crippen LogP contribution in [0, 0.1) is 20.8 Å². The van der Waals surface area contributed by atoms with E-state index in [4.69, 9.17) is 34.9 Å². The van der Waals surface area contributed by atoms with Crippen molar-refractivity contribution in [3.05, 3.63) is 284 Å². The van der Waals surface area contributed by atoms with Crippen molar-refractivity contribution in [1.29, 1.82) is 0 Å². The number of hydrogen-bond donors (Lipinski definition) is 0. The normalized spacial score (nSPS) is 11.7. The van der Waals surface area contributed by atoms with Crippen LogP contribution in [0.25, 0.3) is 102 Å². The third-order valence-electron chi connectivity index (χ3n) is 15.1. The number of nitrogens with zero attached hydrogens (tertiary/aromatic N) is 9. The van der Waals surface area contributed by atoms with Crippen LogP contribution in [0.4, 0.5) is 34.3 Å². The van der Waals surface area contributed by atoms with Crippen molar-refractivity contribution in [1.82, 2.24) is 34.9 Å². The molecule has 394 valence electrons. The Morgan fingerprint density at radius 1 is 0.241 bits per heavy atom. The first kappa shape index (κ1) is 50.2. The second-order valence-corrected chi connectivity index (χ2v) is 20.7. The molecule has 0 unspecified atom stereocenters. The third kappa shape index (κ3) is 9.66. The van der Waals surface area contributed by atoms with Crippen LogP contribution in [0.1, 0.15) is 16.7 Å². The predicted octanol–water partition coefficient (Wildman–Crippen LogP) is 18.6. The van der Waals surface area contributed by atoms with Gasteiger partial charge < -0.3 is 4.90 Å². The Kier molecular flexibility index (Phi) is 13.0. The van der Waals surface area contributed by atoms with Crippen LogP contribution < -0.4 is 9.80 Å². The molecule has 10 aromatic carbocycles. The fourth-order valence-electron chi connectivity index (χ4n) is 11.4. The van der Waals surface area contributed by atoms with E-state index in [0.29, 0.717) is 29.1 Å². The first-order chi connectivity index (χ1) is 40.9. The van der Waals surface area contributed by atoms with Gasteiger partial charge in [-0.15, -0.1) is 0 Å². The molecule has 0 spiro atoms. The van der Waals surface area contributed by atoms with E-state index in [9.17, 15) is 0 Å². The maximum atomic E-state index is 5.55. The van der Waals surface area contributed by atoms with Crippen LogP contribution in [0.5, 0.6) is 0 Å². The maximum absolute atomic E-state index is 5.55. The number of fused-ring (bicyclic) bond motifs is 2. The monoisotopic (exact) mass is 1070 g/mol. The molecule has 1 aliphatic rings. The quantitative estimate of drug-likeness (QED) is 0.125. The van der Waals surface area contributed by atoms with Crippen LogP contribution in [0.3, 0.4) is 0 Å². The molecule has 0 radical (unpaired) electrons. The van der Waals surface area contributed by atoms with E-state index in [1.165, 1.54) is 5.56 Å². The lowest BCUT2D eigenvalue weighted by molar-refractivity contribution is 1.07. The first-order valence-corrected chi connectivity index (χ1v) is 27.8. The summed E-state index contributed by atoms with van der Waals surface area (Å²) in [5.74, 6) is 3.48. The molecule has 0 aliphatic carbocycles.